The van der Waals surface area contributed by atoms with Crippen molar-refractivity contribution < 1.29 is 14.0 Å². The van der Waals surface area contributed by atoms with Gasteiger partial charge in [0.05, 0.1) is 0 Å². The maximum atomic E-state index is 13.5. The molecule has 0 saturated heterocycles. The fourth-order valence-corrected chi connectivity index (χ4v) is 2.37. The molecule has 2 aromatic carbocycles. The molecule has 0 saturated carbocycles. The molecule has 5 heteroatoms. The molecule has 0 radical (unpaired) electrons. The van der Waals surface area contributed by atoms with E-state index in [4.69, 9.17) is 0 Å². The molecule has 0 aliphatic heterocycles. The van der Waals surface area contributed by atoms with E-state index in [-0.39, 0.29) is 24.2 Å². The number of halogens is 1. The van der Waals surface area contributed by atoms with Crippen LogP contribution in [0.2, 0.25) is 0 Å². The first-order valence-corrected chi connectivity index (χ1v) is 8.51. The molecule has 0 aliphatic carbocycles. The van der Waals surface area contributed by atoms with Crippen molar-refractivity contribution in [3.05, 3.63) is 71.0 Å². The van der Waals surface area contributed by atoms with Gasteiger partial charge in [-0.3, -0.25) is 9.59 Å². The minimum Gasteiger partial charge on any atom is -0.352 e. The summed E-state index contributed by atoms with van der Waals surface area (Å²) in [5.41, 5.74) is 1.37. The fraction of sp³-hybridized carbons (Fsp3) is 0.300. The van der Waals surface area contributed by atoms with E-state index < -0.39 is 0 Å². The third-order valence-electron chi connectivity index (χ3n) is 3.87. The molecule has 0 spiro atoms. The van der Waals surface area contributed by atoms with E-state index in [1.54, 1.807) is 42.5 Å². The summed E-state index contributed by atoms with van der Waals surface area (Å²) in [7, 11) is 0. The highest BCUT2D eigenvalue weighted by molar-refractivity contribution is 5.97. The minimum atomic E-state index is -0.349. The van der Waals surface area contributed by atoms with Crippen LogP contribution in [0.1, 0.15) is 52.5 Å². The van der Waals surface area contributed by atoms with Gasteiger partial charge in [0.15, 0.2) is 0 Å². The number of hydrogen-bond acceptors (Lipinski definition) is 2. The Kier molecular flexibility index (Phi) is 7.14. The fourth-order valence-electron chi connectivity index (χ4n) is 2.37. The van der Waals surface area contributed by atoms with Crippen LogP contribution in [0.3, 0.4) is 0 Å². The minimum absolute atomic E-state index is 0.116. The van der Waals surface area contributed by atoms with E-state index >= 15 is 0 Å². The van der Waals surface area contributed by atoms with Crippen molar-refractivity contribution in [1.29, 1.82) is 0 Å². The number of benzene rings is 2. The Hall–Kier alpha value is -2.69. The largest absolute Gasteiger partial charge is 0.352 e. The van der Waals surface area contributed by atoms with Crippen LogP contribution in [0.15, 0.2) is 48.5 Å². The van der Waals surface area contributed by atoms with Gasteiger partial charge < -0.3 is 10.6 Å². The van der Waals surface area contributed by atoms with Gasteiger partial charge in [-0.25, -0.2) is 4.39 Å². The molecule has 2 N–H and O–H groups in total. The SMILES string of the molecule is CCCCCNC(=O)c1ccc(C(=O)NCc2ccccc2F)cc1. The van der Waals surface area contributed by atoms with Gasteiger partial charge in [-0.2, -0.15) is 0 Å². The second-order valence-corrected chi connectivity index (χ2v) is 5.81. The molecule has 0 bridgehead atoms. The Morgan fingerprint density at radius 2 is 1.48 bits per heavy atom. The lowest BCUT2D eigenvalue weighted by atomic mass is 10.1. The monoisotopic (exact) mass is 342 g/mol. The number of unbranched alkanes of at least 4 members (excludes halogenated alkanes) is 2. The van der Waals surface area contributed by atoms with Crippen LogP contribution < -0.4 is 10.6 Å². The molecule has 4 nitrogen and oxygen atoms in total. The van der Waals surface area contributed by atoms with Gasteiger partial charge in [-0.15, -0.1) is 0 Å². The number of hydrogen-bond donors (Lipinski definition) is 2. The highest BCUT2D eigenvalue weighted by atomic mass is 19.1. The summed E-state index contributed by atoms with van der Waals surface area (Å²) in [6.07, 6.45) is 3.15. The van der Waals surface area contributed by atoms with Crippen LogP contribution in [-0.2, 0) is 6.54 Å². The summed E-state index contributed by atoms with van der Waals surface area (Å²) < 4.78 is 13.5. The lowest BCUT2D eigenvalue weighted by Gasteiger charge is -2.08. The predicted octanol–water partition coefficient (Wildman–Crippen LogP) is 3.68. The lowest BCUT2D eigenvalue weighted by molar-refractivity contribution is 0.0940. The summed E-state index contributed by atoms with van der Waals surface area (Å²) >= 11 is 0. The second kappa shape index (κ2) is 9.57. The van der Waals surface area contributed by atoms with Gasteiger partial charge >= 0.3 is 0 Å². The van der Waals surface area contributed by atoms with Crippen molar-refractivity contribution in [1.82, 2.24) is 10.6 Å². The zero-order valence-corrected chi connectivity index (χ0v) is 14.3. The Bertz CT molecular complexity index is 714. The van der Waals surface area contributed by atoms with Crippen LogP contribution >= 0.6 is 0 Å². The van der Waals surface area contributed by atoms with Crippen LogP contribution in [-0.4, -0.2) is 18.4 Å². The zero-order valence-electron chi connectivity index (χ0n) is 14.3. The smallest absolute Gasteiger partial charge is 0.251 e. The molecule has 0 heterocycles. The summed E-state index contributed by atoms with van der Waals surface area (Å²) in [4.78, 5) is 24.1. The molecule has 0 atom stereocenters. The van der Waals surface area contributed by atoms with Gasteiger partial charge in [0.25, 0.3) is 11.8 Å². The summed E-state index contributed by atoms with van der Waals surface area (Å²) in [6.45, 7) is 2.88. The zero-order chi connectivity index (χ0) is 18.1. The molecule has 132 valence electrons. The Morgan fingerprint density at radius 1 is 0.880 bits per heavy atom. The molecule has 2 rings (SSSR count). The van der Waals surface area contributed by atoms with Crippen molar-refractivity contribution in [2.24, 2.45) is 0 Å². The topological polar surface area (TPSA) is 58.2 Å². The Balaban J connectivity index is 1.87. The van der Waals surface area contributed by atoms with Crippen molar-refractivity contribution in [3.63, 3.8) is 0 Å². The van der Waals surface area contributed by atoms with Crippen LogP contribution in [0, 0.1) is 5.82 Å². The first kappa shape index (κ1) is 18.6. The molecule has 0 aromatic heterocycles. The molecular formula is C20H23FN2O2. The van der Waals surface area contributed by atoms with Crippen molar-refractivity contribution in [2.45, 2.75) is 32.7 Å². The molecular weight excluding hydrogens is 319 g/mol. The highest BCUT2D eigenvalue weighted by Gasteiger charge is 2.09. The predicted molar refractivity (Wildman–Crippen MR) is 95.9 cm³/mol. The van der Waals surface area contributed by atoms with Crippen molar-refractivity contribution in [3.8, 4) is 0 Å². The number of carbonyl (C=O) groups excluding carboxylic acids is 2. The maximum absolute atomic E-state index is 13.5. The van der Waals surface area contributed by atoms with E-state index in [2.05, 4.69) is 17.6 Å². The first-order chi connectivity index (χ1) is 12.1. The quantitative estimate of drug-likeness (QED) is 0.719. The number of amides is 2. The number of rotatable bonds is 8. The van der Waals surface area contributed by atoms with Crippen LogP contribution in [0.25, 0.3) is 0 Å². The summed E-state index contributed by atoms with van der Waals surface area (Å²) in [5, 5.41) is 5.53. The van der Waals surface area contributed by atoms with Gasteiger partial charge in [0, 0.05) is 29.8 Å². The van der Waals surface area contributed by atoms with Gasteiger partial charge in [-0.05, 0) is 36.8 Å². The lowest BCUT2D eigenvalue weighted by Crippen LogP contribution is -2.25. The molecule has 0 unspecified atom stereocenters. The number of nitrogens with one attached hydrogen (secondary N) is 2. The third kappa shape index (κ3) is 5.71. The normalized spacial score (nSPS) is 10.3. The molecule has 2 amide bonds. The van der Waals surface area contributed by atoms with E-state index in [1.807, 2.05) is 0 Å². The third-order valence-corrected chi connectivity index (χ3v) is 3.87. The van der Waals surface area contributed by atoms with Crippen molar-refractivity contribution in [2.75, 3.05) is 6.54 Å². The van der Waals surface area contributed by atoms with Gasteiger partial charge in [-0.1, -0.05) is 38.0 Å². The average Bonchev–Trinajstić information content (AvgIpc) is 2.64. The van der Waals surface area contributed by atoms with E-state index in [1.165, 1.54) is 6.07 Å². The summed E-state index contributed by atoms with van der Waals surface area (Å²) in [6, 6.07) is 12.7. The Morgan fingerprint density at radius 3 is 2.08 bits per heavy atom. The molecule has 0 aliphatic rings. The van der Waals surface area contributed by atoms with E-state index in [9.17, 15) is 14.0 Å². The van der Waals surface area contributed by atoms with Gasteiger partial charge in [0.2, 0.25) is 0 Å². The average molecular weight is 342 g/mol. The molecule has 25 heavy (non-hydrogen) atoms. The van der Waals surface area contributed by atoms with Crippen LogP contribution in [0.5, 0.6) is 0 Å². The first-order valence-electron chi connectivity index (χ1n) is 8.51. The molecule has 2 aromatic rings. The van der Waals surface area contributed by atoms with E-state index in [0.717, 1.165) is 19.3 Å². The van der Waals surface area contributed by atoms with E-state index in [0.29, 0.717) is 23.2 Å². The molecule has 0 fully saturated rings. The van der Waals surface area contributed by atoms with Gasteiger partial charge in [0.1, 0.15) is 5.82 Å². The van der Waals surface area contributed by atoms with Crippen LogP contribution in [0.4, 0.5) is 4.39 Å². The highest BCUT2D eigenvalue weighted by Crippen LogP contribution is 2.08. The number of carbonyl (C=O) groups is 2. The summed E-state index contributed by atoms with van der Waals surface area (Å²) in [5.74, 6) is -0.800. The second-order valence-electron chi connectivity index (χ2n) is 5.81. The standard InChI is InChI=1S/C20H23FN2O2/c1-2-3-6-13-22-19(24)15-9-11-16(12-10-15)20(25)23-14-17-7-4-5-8-18(17)21/h4-5,7-12H,2-3,6,13-14H2,1H3,(H,22,24)(H,23,25). The van der Waals surface area contributed by atoms with Crippen molar-refractivity contribution >= 4 is 11.8 Å². The maximum Gasteiger partial charge on any atom is 0.251 e. The Labute approximate surface area is 147 Å².